The van der Waals surface area contributed by atoms with Crippen molar-refractivity contribution in [3.63, 3.8) is 0 Å². The van der Waals surface area contributed by atoms with Gasteiger partial charge in [0, 0.05) is 6.42 Å². The van der Waals surface area contributed by atoms with Crippen LogP contribution in [0, 0.1) is 0 Å². The summed E-state index contributed by atoms with van der Waals surface area (Å²) in [7, 11) is 0. The zero-order valence-electron chi connectivity index (χ0n) is 10.9. The fraction of sp³-hybridized carbons (Fsp3) is 0.125. The van der Waals surface area contributed by atoms with Crippen molar-refractivity contribution < 1.29 is 14.7 Å². The van der Waals surface area contributed by atoms with Crippen LogP contribution in [0.5, 0.6) is 0 Å². The Kier molecular flexibility index (Phi) is 4.89. The molecule has 0 saturated carbocycles. The van der Waals surface area contributed by atoms with Gasteiger partial charge in [-0.1, -0.05) is 65.8 Å². The Bertz CT molecular complexity index is 542. The van der Waals surface area contributed by atoms with Crippen LogP contribution in [0.3, 0.4) is 0 Å². The minimum absolute atomic E-state index is 0.116. The molecule has 0 spiro atoms. The first-order valence-corrected chi connectivity index (χ1v) is 6.30. The summed E-state index contributed by atoms with van der Waals surface area (Å²) >= 11 is 0. The molecular formula is C16H15NO3. The van der Waals surface area contributed by atoms with E-state index in [0.717, 1.165) is 0 Å². The second-order valence-corrected chi connectivity index (χ2v) is 4.16. The van der Waals surface area contributed by atoms with E-state index >= 15 is 0 Å². The van der Waals surface area contributed by atoms with E-state index in [4.69, 9.17) is 5.11 Å². The van der Waals surface area contributed by atoms with Crippen LogP contribution in [0.1, 0.15) is 6.42 Å². The number of carbonyl (C=O) groups is 1. The second-order valence-electron chi connectivity index (χ2n) is 4.16. The molecule has 20 heavy (non-hydrogen) atoms. The SMILES string of the molecule is O=C(O)C1=NOCC1.c1ccc(-c2ccccc2)cc1. The molecule has 3 rings (SSSR count). The van der Waals surface area contributed by atoms with Gasteiger partial charge >= 0.3 is 5.97 Å². The number of benzene rings is 2. The molecule has 4 heteroatoms. The molecule has 0 radical (unpaired) electrons. The molecule has 0 saturated heterocycles. The second kappa shape index (κ2) is 7.09. The predicted molar refractivity (Wildman–Crippen MR) is 77.5 cm³/mol. The molecule has 1 heterocycles. The molecule has 2 aromatic rings. The molecule has 0 atom stereocenters. The van der Waals surface area contributed by atoms with E-state index < -0.39 is 5.97 Å². The van der Waals surface area contributed by atoms with Crippen LogP contribution in [0.25, 0.3) is 11.1 Å². The number of hydrogen-bond donors (Lipinski definition) is 1. The lowest BCUT2D eigenvalue weighted by atomic mass is 10.1. The van der Waals surface area contributed by atoms with Gasteiger partial charge in [0.25, 0.3) is 0 Å². The Morgan fingerprint density at radius 3 is 1.75 bits per heavy atom. The quantitative estimate of drug-likeness (QED) is 0.910. The van der Waals surface area contributed by atoms with Gasteiger partial charge in [-0.05, 0) is 11.1 Å². The van der Waals surface area contributed by atoms with Crippen LogP contribution in [-0.4, -0.2) is 23.4 Å². The Labute approximate surface area is 117 Å². The highest BCUT2D eigenvalue weighted by Crippen LogP contribution is 2.17. The predicted octanol–water partition coefficient (Wildman–Crippen LogP) is 3.20. The van der Waals surface area contributed by atoms with Crippen LogP contribution in [0.4, 0.5) is 0 Å². The van der Waals surface area contributed by atoms with Gasteiger partial charge in [-0.15, -0.1) is 0 Å². The Morgan fingerprint density at radius 1 is 0.950 bits per heavy atom. The Hall–Kier alpha value is -2.62. The van der Waals surface area contributed by atoms with Gasteiger partial charge < -0.3 is 9.94 Å². The average Bonchev–Trinajstić information content (AvgIpc) is 3.04. The summed E-state index contributed by atoms with van der Waals surface area (Å²) in [6, 6.07) is 20.8. The molecular weight excluding hydrogens is 254 g/mol. The molecule has 0 unspecified atom stereocenters. The lowest BCUT2D eigenvalue weighted by Crippen LogP contribution is -2.09. The maximum Gasteiger partial charge on any atom is 0.353 e. The molecule has 0 aromatic heterocycles. The third-order valence-electron chi connectivity index (χ3n) is 2.73. The van der Waals surface area contributed by atoms with E-state index in [1.807, 2.05) is 12.1 Å². The van der Waals surface area contributed by atoms with Crippen molar-refractivity contribution in [1.82, 2.24) is 0 Å². The smallest absolute Gasteiger partial charge is 0.353 e. The Balaban J connectivity index is 0.000000160. The zero-order chi connectivity index (χ0) is 14.2. The van der Waals surface area contributed by atoms with Crippen LogP contribution >= 0.6 is 0 Å². The molecule has 0 amide bonds. The zero-order valence-corrected chi connectivity index (χ0v) is 10.9. The molecule has 0 fully saturated rings. The lowest BCUT2D eigenvalue weighted by Gasteiger charge is -1.98. The number of hydrogen-bond acceptors (Lipinski definition) is 3. The van der Waals surface area contributed by atoms with Crippen molar-refractivity contribution in [2.75, 3.05) is 6.61 Å². The summed E-state index contributed by atoms with van der Waals surface area (Å²) in [6.45, 7) is 0.404. The summed E-state index contributed by atoms with van der Waals surface area (Å²) in [6.07, 6.45) is 0.426. The summed E-state index contributed by atoms with van der Waals surface area (Å²) in [5, 5.41) is 11.5. The highest BCUT2D eigenvalue weighted by atomic mass is 16.6. The van der Waals surface area contributed by atoms with Gasteiger partial charge in [-0.25, -0.2) is 4.79 Å². The third kappa shape index (κ3) is 3.95. The number of rotatable bonds is 2. The van der Waals surface area contributed by atoms with Crippen molar-refractivity contribution in [2.45, 2.75) is 6.42 Å². The molecule has 0 bridgehead atoms. The van der Waals surface area contributed by atoms with Gasteiger partial charge in [0.1, 0.15) is 6.61 Å². The minimum atomic E-state index is -0.984. The maximum atomic E-state index is 9.99. The van der Waals surface area contributed by atoms with Gasteiger partial charge in [0.2, 0.25) is 0 Å². The summed E-state index contributed by atoms with van der Waals surface area (Å²) in [5.41, 5.74) is 2.67. The largest absolute Gasteiger partial charge is 0.477 e. The highest BCUT2D eigenvalue weighted by molar-refractivity contribution is 6.35. The summed E-state index contributed by atoms with van der Waals surface area (Å²) in [5.74, 6) is -0.984. The van der Waals surface area contributed by atoms with Gasteiger partial charge in [-0.2, -0.15) is 0 Å². The molecule has 2 aromatic carbocycles. The van der Waals surface area contributed by atoms with Crippen LogP contribution in [0.2, 0.25) is 0 Å². The molecule has 1 aliphatic rings. The summed E-state index contributed by atoms with van der Waals surface area (Å²) < 4.78 is 0. The molecule has 0 aliphatic carbocycles. The molecule has 102 valence electrons. The van der Waals surface area contributed by atoms with E-state index in [1.165, 1.54) is 11.1 Å². The van der Waals surface area contributed by atoms with Gasteiger partial charge in [0.15, 0.2) is 5.71 Å². The van der Waals surface area contributed by atoms with Crippen molar-refractivity contribution in [1.29, 1.82) is 0 Å². The van der Waals surface area contributed by atoms with Crippen LogP contribution in [-0.2, 0) is 9.63 Å². The molecule has 4 nitrogen and oxygen atoms in total. The molecule has 1 N–H and O–H groups in total. The monoisotopic (exact) mass is 269 g/mol. The van der Waals surface area contributed by atoms with Crippen molar-refractivity contribution in [2.24, 2.45) is 5.16 Å². The summed E-state index contributed by atoms with van der Waals surface area (Å²) in [4.78, 5) is 14.4. The van der Waals surface area contributed by atoms with Gasteiger partial charge in [0.05, 0.1) is 0 Å². The van der Waals surface area contributed by atoms with Crippen LogP contribution < -0.4 is 0 Å². The fourth-order valence-corrected chi connectivity index (χ4v) is 1.72. The Morgan fingerprint density at radius 2 is 1.45 bits per heavy atom. The number of oxime groups is 1. The number of aliphatic carboxylic acids is 1. The van der Waals surface area contributed by atoms with Crippen molar-refractivity contribution >= 4 is 11.7 Å². The number of nitrogens with zero attached hydrogens (tertiary/aromatic N) is 1. The topological polar surface area (TPSA) is 58.9 Å². The number of carboxylic acids is 1. The van der Waals surface area contributed by atoms with E-state index in [2.05, 4.69) is 58.5 Å². The van der Waals surface area contributed by atoms with Crippen molar-refractivity contribution in [3.8, 4) is 11.1 Å². The minimum Gasteiger partial charge on any atom is -0.477 e. The first kappa shape index (κ1) is 13.8. The normalized spacial score (nSPS) is 12.7. The third-order valence-corrected chi connectivity index (χ3v) is 2.73. The van der Waals surface area contributed by atoms with E-state index in [1.54, 1.807) is 0 Å². The van der Waals surface area contributed by atoms with Crippen LogP contribution in [0.15, 0.2) is 65.8 Å². The lowest BCUT2D eigenvalue weighted by molar-refractivity contribution is -0.129. The first-order valence-electron chi connectivity index (χ1n) is 6.30. The van der Waals surface area contributed by atoms with Crippen molar-refractivity contribution in [3.05, 3.63) is 60.7 Å². The maximum absolute atomic E-state index is 9.99. The number of carboxylic acid groups (broad SMARTS) is 1. The standard InChI is InChI=1S/C12H10.C4H5NO3/c1-3-7-11(8-4-1)12-9-5-2-6-10-12;6-4(7)3-1-2-8-5-3/h1-10H;1-2H2,(H,6,7). The van der Waals surface area contributed by atoms with Gasteiger partial charge in [-0.3, -0.25) is 0 Å². The highest BCUT2D eigenvalue weighted by Gasteiger charge is 2.14. The van der Waals surface area contributed by atoms with E-state index in [0.29, 0.717) is 13.0 Å². The fourth-order valence-electron chi connectivity index (χ4n) is 1.72. The van der Waals surface area contributed by atoms with E-state index in [9.17, 15) is 4.79 Å². The first-order chi connectivity index (χ1) is 9.77. The average molecular weight is 269 g/mol. The van der Waals surface area contributed by atoms with E-state index in [-0.39, 0.29) is 5.71 Å². The molecule has 1 aliphatic heterocycles.